The van der Waals surface area contributed by atoms with Crippen LogP contribution in [0.4, 0.5) is 5.69 Å². The largest absolute Gasteiger partial charge is 0.326 e. The molecule has 0 aromatic heterocycles. The van der Waals surface area contributed by atoms with Crippen molar-refractivity contribution in [2.45, 2.75) is 11.8 Å². The summed E-state index contributed by atoms with van der Waals surface area (Å²) in [6.45, 7) is 1.38. The molecule has 0 aliphatic heterocycles. The Balaban J connectivity index is 2.14. The number of carbonyl (C=O) groups is 2. The fraction of sp³-hybridized carbons (Fsp3) is 0.125. The fourth-order valence-electron chi connectivity index (χ4n) is 1.91. The van der Waals surface area contributed by atoms with Gasteiger partial charge in [-0.25, -0.2) is 8.42 Å². The Morgan fingerprint density at radius 2 is 1.55 bits per heavy atom. The normalized spacial score (nSPS) is 11.0. The number of Topliss-reactive ketones (excluding diaryl/α,β-unsaturated/α-hetero) is 1. The monoisotopic (exact) mass is 317 g/mol. The lowest BCUT2D eigenvalue weighted by Crippen LogP contribution is -2.16. The quantitative estimate of drug-likeness (QED) is 0.858. The fourth-order valence-corrected chi connectivity index (χ4v) is 3.16. The molecule has 22 heavy (non-hydrogen) atoms. The minimum absolute atomic E-state index is 0.123. The predicted molar refractivity (Wildman–Crippen MR) is 83.6 cm³/mol. The molecule has 0 spiro atoms. The van der Waals surface area contributed by atoms with E-state index in [0.29, 0.717) is 5.69 Å². The Morgan fingerprint density at radius 3 is 2.09 bits per heavy atom. The Labute approximate surface area is 128 Å². The number of benzene rings is 2. The number of sulfone groups is 1. The first-order chi connectivity index (χ1) is 10.4. The molecule has 1 N–H and O–H groups in total. The highest BCUT2D eigenvalue weighted by Crippen LogP contribution is 2.14. The zero-order chi connectivity index (χ0) is 16.2. The van der Waals surface area contributed by atoms with Crippen molar-refractivity contribution >= 4 is 27.2 Å². The molecule has 6 heteroatoms. The maximum Gasteiger partial charge on any atom is 0.221 e. The molecule has 0 saturated carbocycles. The maximum atomic E-state index is 12.2. The number of hydrogen-bond acceptors (Lipinski definition) is 4. The van der Waals surface area contributed by atoms with Crippen molar-refractivity contribution in [1.82, 2.24) is 0 Å². The molecule has 2 aromatic rings. The summed E-state index contributed by atoms with van der Waals surface area (Å²) in [5, 5.41) is 2.58. The van der Waals surface area contributed by atoms with Gasteiger partial charge in [0.15, 0.2) is 15.6 Å². The third-order valence-electron chi connectivity index (χ3n) is 2.95. The van der Waals surface area contributed by atoms with Gasteiger partial charge in [-0.05, 0) is 36.4 Å². The smallest absolute Gasteiger partial charge is 0.221 e. The van der Waals surface area contributed by atoms with Gasteiger partial charge in [-0.2, -0.15) is 0 Å². The molecule has 1 amide bonds. The molecule has 0 radical (unpaired) electrons. The Morgan fingerprint density at radius 1 is 0.955 bits per heavy atom. The number of nitrogens with one attached hydrogen (secondary N) is 1. The number of amides is 1. The third-order valence-corrected chi connectivity index (χ3v) is 4.58. The van der Waals surface area contributed by atoms with E-state index in [1.165, 1.54) is 31.2 Å². The van der Waals surface area contributed by atoms with Crippen LogP contribution in [0.15, 0.2) is 59.5 Å². The van der Waals surface area contributed by atoms with Crippen LogP contribution in [0.1, 0.15) is 17.3 Å². The van der Waals surface area contributed by atoms with Crippen molar-refractivity contribution in [3.05, 3.63) is 60.2 Å². The summed E-state index contributed by atoms with van der Waals surface area (Å²) >= 11 is 0. The van der Waals surface area contributed by atoms with Crippen LogP contribution in [0.3, 0.4) is 0 Å². The standard InChI is InChI=1S/C16H15NO4S/c1-12(18)17-14-9-7-13(8-10-14)16(19)11-22(20,21)15-5-3-2-4-6-15/h2-10H,11H2,1H3,(H,17,18). The Kier molecular flexibility index (Phi) is 4.72. The van der Waals surface area contributed by atoms with Crippen LogP contribution in [0.25, 0.3) is 0 Å². The van der Waals surface area contributed by atoms with E-state index < -0.39 is 21.4 Å². The van der Waals surface area contributed by atoms with Crippen LogP contribution < -0.4 is 5.32 Å². The van der Waals surface area contributed by atoms with E-state index in [0.717, 1.165) is 0 Å². The van der Waals surface area contributed by atoms with Crippen molar-refractivity contribution in [2.24, 2.45) is 0 Å². The molecule has 0 saturated heterocycles. The minimum Gasteiger partial charge on any atom is -0.326 e. The van der Waals surface area contributed by atoms with Crippen LogP contribution in [0, 0.1) is 0 Å². The zero-order valence-corrected chi connectivity index (χ0v) is 12.8. The van der Waals surface area contributed by atoms with Crippen LogP contribution >= 0.6 is 0 Å². The van der Waals surface area contributed by atoms with Gasteiger partial charge in [-0.15, -0.1) is 0 Å². The maximum absolute atomic E-state index is 12.2. The van der Waals surface area contributed by atoms with Crippen LogP contribution in [0.5, 0.6) is 0 Å². The van der Waals surface area contributed by atoms with Crippen molar-refractivity contribution in [3.63, 3.8) is 0 Å². The second-order valence-corrected chi connectivity index (χ2v) is 6.74. The lowest BCUT2D eigenvalue weighted by Gasteiger charge is -2.05. The zero-order valence-electron chi connectivity index (χ0n) is 11.9. The van der Waals surface area contributed by atoms with Gasteiger partial charge in [-0.3, -0.25) is 9.59 Å². The van der Waals surface area contributed by atoms with E-state index in [-0.39, 0.29) is 16.4 Å². The van der Waals surface area contributed by atoms with Crippen LogP contribution in [0.2, 0.25) is 0 Å². The van der Waals surface area contributed by atoms with Crippen molar-refractivity contribution in [3.8, 4) is 0 Å². The van der Waals surface area contributed by atoms with E-state index in [9.17, 15) is 18.0 Å². The summed E-state index contributed by atoms with van der Waals surface area (Å²) in [6.07, 6.45) is 0. The third kappa shape index (κ3) is 4.02. The van der Waals surface area contributed by atoms with Crippen LogP contribution in [-0.4, -0.2) is 25.9 Å². The molecule has 0 unspecified atom stereocenters. The van der Waals surface area contributed by atoms with Gasteiger partial charge in [0.05, 0.1) is 4.90 Å². The molecule has 2 aromatic carbocycles. The first-order valence-corrected chi connectivity index (χ1v) is 8.22. The Hall–Kier alpha value is -2.47. The lowest BCUT2D eigenvalue weighted by atomic mass is 10.1. The van der Waals surface area contributed by atoms with E-state index >= 15 is 0 Å². The molecule has 0 heterocycles. The minimum atomic E-state index is -3.66. The molecule has 5 nitrogen and oxygen atoms in total. The first-order valence-electron chi connectivity index (χ1n) is 6.57. The highest BCUT2D eigenvalue weighted by molar-refractivity contribution is 7.92. The lowest BCUT2D eigenvalue weighted by molar-refractivity contribution is -0.114. The van der Waals surface area contributed by atoms with Gasteiger partial charge >= 0.3 is 0 Å². The summed E-state index contributed by atoms with van der Waals surface area (Å²) < 4.78 is 24.3. The second kappa shape index (κ2) is 6.53. The number of carbonyl (C=O) groups excluding carboxylic acids is 2. The molecular weight excluding hydrogens is 302 g/mol. The topological polar surface area (TPSA) is 80.3 Å². The summed E-state index contributed by atoms with van der Waals surface area (Å²) in [5.74, 6) is -1.29. The van der Waals surface area contributed by atoms with E-state index in [2.05, 4.69) is 5.32 Å². The highest BCUT2D eigenvalue weighted by atomic mass is 32.2. The van der Waals surface area contributed by atoms with Gasteiger partial charge in [0.2, 0.25) is 5.91 Å². The Bertz CT molecular complexity index is 781. The summed E-state index contributed by atoms with van der Waals surface area (Å²) in [6, 6.07) is 14.0. The van der Waals surface area contributed by atoms with Gasteiger partial charge < -0.3 is 5.32 Å². The molecular formula is C16H15NO4S. The molecule has 2 rings (SSSR count). The SMILES string of the molecule is CC(=O)Nc1ccc(C(=O)CS(=O)(=O)c2ccccc2)cc1. The summed E-state index contributed by atoms with van der Waals surface area (Å²) in [7, 11) is -3.66. The summed E-state index contributed by atoms with van der Waals surface area (Å²) in [5.41, 5.74) is 0.837. The first kappa shape index (κ1) is 15.9. The van der Waals surface area contributed by atoms with Gasteiger partial charge in [0, 0.05) is 18.2 Å². The van der Waals surface area contributed by atoms with E-state index in [1.54, 1.807) is 30.3 Å². The van der Waals surface area contributed by atoms with Gasteiger partial charge in [-0.1, -0.05) is 18.2 Å². The van der Waals surface area contributed by atoms with Crippen molar-refractivity contribution in [2.75, 3.05) is 11.1 Å². The highest BCUT2D eigenvalue weighted by Gasteiger charge is 2.20. The van der Waals surface area contributed by atoms with Crippen molar-refractivity contribution in [1.29, 1.82) is 0 Å². The summed E-state index contributed by atoms with van der Waals surface area (Å²) in [4.78, 5) is 23.1. The van der Waals surface area contributed by atoms with Gasteiger partial charge in [0.1, 0.15) is 5.75 Å². The number of rotatable bonds is 5. The van der Waals surface area contributed by atoms with Crippen LogP contribution in [-0.2, 0) is 14.6 Å². The van der Waals surface area contributed by atoms with E-state index in [4.69, 9.17) is 0 Å². The average molecular weight is 317 g/mol. The molecule has 0 bridgehead atoms. The molecule has 0 aliphatic carbocycles. The molecule has 114 valence electrons. The predicted octanol–water partition coefficient (Wildman–Crippen LogP) is 2.30. The number of ketones is 1. The molecule has 0 atom stereocenters. The molecule has 0 aliphatic rings. The van der Waals surface area contributed by atoms with Gasteiger partial charge in [0.25, 0.3) is 0 Å². The number of anilines is 1. The molecule has 0 fully saturated rings. The van der Waals surface area contributed by atoms with Crippen molar-refractivity contribution < 1.29 is 18.0 Å². The number of hydrogen-bond donors (Lipinski definition) is 1. The second-order valence-electron chi connectivity index (χ2n) is 4.75. The van der Waals surface area contributed by atoms with E-state index in [1.807, 2.05) is 0 Å². The average Bonchev–Trinajstić information content (AvgIpc) is 2.48.